The van der Waals surface area contributed by atoms with Crippen molar-refractivity contribution >= 4 is 0 Å². The van der Waals surface area contributed by atoms with Gasteiger partial charge in [-0.2, -0.15) is 0 Å². The minimum atomic E-state index is -0.457. The van der Waals surface area contributed by atoms with Crippen molar-refractivity contribution in [3.8, 4) is 11.4 Å². The molecule has 2 fully saturated rings. The fraction of sp³-hybridized carbons (Fsp3) is 0.550. The van der Waals surface area contributed by atoms with Crippen molar-refractivity contribution in [2.45, 2.75) is 37.8 Å². The van der Waals surface area contributed by atoms with Gasteiger partial charge in [0.15, 0.2) is 5.82 Å². The van der Waals surface area contributed by atoms with Crippen LogP contribution < -0.4 is 5.32 Å². The molecule has 2 heterocycles. The van der Waals surface area contributed by atoms with Gasteiger partial charge in [-0.25, -0.2) is 9.97 Å². The average Bonchev–Trinajstić information content (AvgIpc) is 3.45. The molecule has 0 spiro atoms. The number of pyridine rings is 1. The zero-order valence-corrected chi connectivity index (χ0v) is 14.8. The van der Waals surface area contributed by atoms with E-state index in [4.69, 9.17) is 4.98 Å². The zero-order valence-electron chi connectivity index (χ0n) is 14.8. The summed E-state index contributed by atoms with van der Waals surface area (Å²) < 4.78 is 0. The van der Waals surface area contributed by atoms with E-state index >= 15 is 0 Å². The highest BCUT2D eigenvalue weighted by molar-refractivity contribution is 5.52. The molecule has 4 atom stereocenters. The Bertz CT molecular complexity index is 723. The lowest BCUT2D eigenvalue weighted by atomic mass is 9.88. The Kier molecular flexibility index (Phi) is 5.24. The molecule has 2 aliphatic carbocycles. The second-order valence-corrected chi connectivity index (χ2v) is 7.59. The van der Waals surface area contributed by atoms with Crippen LogP contribution in [0.2, 0.25) is 0 Å². The molecule has 2 aliphatic rings. The molecule has 0 aromatic carbocycles. The Labute approximate surface area is 153 Å². The van der Waals surface area contributed by atoms with E-state index in [1.165, 1.54) is 12.8 Å². The highest BCUT2D eigenvalue weighted by atomic mass is 16.3. The highest BCUT2D eigenvalue weighted by Crippen LogP contribution is 2.36. The van der Waals surface area contributed by atoms with Crippen molar-refractivity contribution in [2.75, 3.05) is 13.2 Å². The summed E-state index contributed by atoms with van der Waals surface area (Å²) in [6.45, 7) is 1.02. The lowest BCUT2D eigenvalue weighted by molar-refractivity contribution is 0.0716. The molecule has 2 saturated carbocycles. The Morgan fingerprint density at radius 3 is 2.77 bits per heavy atom. The summed E-state index contributed by atoms with van der Waals surface area (Å²) in [4.78, 5) is 13.2. The van der Waals surface area contributed by atoms with Crippen LogP contribution in [0, 0.1) is 17.8 Å². The van der Waals surface area contributed by atoms with Crippen LogP contribution in [0.5, 0.6) is 0 Å². The van der Waals surface area contributed by atoms with E-state index in [9.17, 15) is 10.2 Å². The summed E-state index contributed by atoms with van der Waals surface area (Å²) in [6.07, 6.45) is 8.83. The van der Waals surface area contributed by atoms with Gasteiger partial charge in [0, 0.05) is 48.4 Å². The van der Waals surface area contributed by atoms with Crippen LogP contribution in [-0.4, -0.2) is 50.5 Å². The molecule has 3 N–H and O–H groups in total. The molecule has 0 aliphatic heterocycles. The smallest absolute Gasteiger partial charge is 0.160 e. The third-order valence-corrected chi connectivity index (χ3v) is 5.71. The topological polar surface area (TPSA) is 91.2 Å². The molecule has 4 rings (SSSR count). The fourth-order valence-electron chi connectivity index (χ4n) is 4.00. The minimum absolute atomic E-state index is 0.00792. The second kappa shape index (κ2) is 7.78. The first-order valence-corrected chi connectivity index (χ1v) is 9.49. The first-order valence-electron chi connectivity index (χ1n) is 9.49. The van der Waals surface area contributed by atoms with Crippen LogP contribution in [0.25, 0.3) is 11.4 Å². The predicted molar refractivity (Wildman–Crippen MR) is 98.2 cm³/mol. The maximum Gasteiger partial charge on any atom is 0.160 e. The fourth-order valence-corrected chi connectivity index (χ4v) is 4.00. The lowest BCUT2D eigenvalue weighted by Crippen LogP contribution is -2.37. The average molecular weight is 354 g/mol. The number of aliphatic hydroxyl groups is 2. The van der Waals surface area contributed by atoms with E-state index in [-0.39, 0.29) is 24.5 Å². The van der Waals surface area contributed by atoms with Gasteiger partial charge < -0.3 is 15.5 Å². The van der Waals surface area contributed by atoms with E-state index in [1.807, 2.05) is 18.2 Å². The molecule has 2 aromatic rings. The lowest BCUT2D eigenvalue weighted by Gasteiger charge is -2.25. The molecule has 138 valence electrons. The molecular formula is C20H26N4O2. The van der Waals surface area contributed by atoms with E-state index in [0.717, 1.165) is 30.1 Å². The molecule has 0 saturated heterocycles. The number of aliphatic hydroxyl groups excluding tert-OH is 2. The Morgan fingerprint density at radius 2 is 2.04 bits per heavy atom. The minimum Gasteiger partial charge on any atom is -0.396 e. The third-order valence-electron chi connectivity index (χ3n) is 5.71. The summed E-state index contributed by atoms with van der Waals surface area (Å²) in [7, 11) is 0. The predicted octanol–water partition coefficient (Wildman–Crippen LogP) is 1.44. The van der Waals surface area contributed by atoms with Gasteiger partial charge in [-0.3, -0.25) is 4.98 Å². The zero-order chi connectivity index (χ0) is 17.9. The largest absolute Gasteiger partial charge is 0.396 e. The third kappa shape index (κ3) is 3.92. The summed E-state index contributed by atoms with van der Waals surface area (Å²) in [6, 6.07) is 5.97. The maximum atomic E-state index is 10.4. The van der Waals surface area contributed by atoms with Gasteiger partial charge in [-0.05, 0) is 62.3 Å². The Hall–Kier alpha value is -1.89. The number of hydrogen-bond acceptors (Lipinski definition) is 6. The van der Waals surface area contributed by atoms with Crippen molar-refractivity contribution in [2.24, 2.45) is 17.8 Å². The van der Waals surface area contributed by atoms with Crippen LogP contribution in [0.3, 0.4) is 0 Å². The van der Waals surface area contributed by atoms with E-state index in [1.54, 1.807) is 18.6 Å². The van der Waals surface area contributed by atoms with Gasteiger partial charge in [0.05, 0.1) is 6.10 Å². The van der Waals surface area contributed by atoms with E-state index in [0.29, 0.717) is 12.2 Å². The number of nitrogens with one attached hydrogen (secondary N) is 1. The van der Waals surface area contributed by atoms with Gasteiger partial charge in [0.2, 0.25) is 0 Å². The quantitative estimate of drug-likeness (QED) is 0.697. The Morgan fingerprint density at radius 1 is 1.15 bits per heavy atom. The summed E-state index contributed by atoms with van der Waals surface area (Å²) >= 11 is 0. The Balaban J connectivity index is 1.51. The molecule has 0 bridgehead atoms. The summed E-state index contributed by atoms with van der Waals surface area (Å²) in [5, 5.41) is 23.8. The second-order valence-electron chi connectivity index (χ2n) is 7.59. The molecule has 6 heteroatoms. The van der Waals surface area contributed by atoms with Gasteiger partial charge >= 0.3 is 0 Å². The first kappa shape index (κ1) is 17.5. The van der Waals surface area contributed by atoms with Crippen LogP contribution in [0.15, 0.2) is 36.8 Å². The number of rotatable bonds is 7. The summed E-state index contributed by atoms with van der Waals surface area (Å²) in [5.74, 6) is 1.52. The standard InChI is InChI=1S/C20H26N4O2/c25-12-17-16(18(9-19(17)26)23-10-13-3-4-13)8-15-5-7-22-20(24-15)14-2-1-6-21-11-14/h1-2,5-7,11,13,16-19,23,25-26H,3-4,8-10,12H2. The maximum absolute atomic E-state index is 10.4. The van der Waals surface area contributed by atoms with Crippen molar-refractivity contribution in [1.82, 2.24) is 20.3 Å². The summed E-state index contributed by atoms with van der Waals surface area (Å²) in [5.41, 5.74) is 1.83. The van der Waals surface area contributed by atoms with Gasteiger partial charge in [0.1, 0.15) is 0 Å². The van der Waals surface area contributed by atoms with Gasteiger partial charge in [-0.15, -0.1) is 0 Å². The molecule has 26 heavy (non-hydrogen) atoms. The van der Waals surface area contributed by atoms with Crippen LogP contribution in [-0.2, 0) is 6.42 Å². The first-order chi connectivity index (χ1) is 12.7. The molecule has 0 amide bonds. The van der Waals surface area contributed by atoms with Crippen molar-refractivity contribution < 1.29 is 10.2 Å². The number of nitrogens with zero attached hydrogens (tertiary/aromatic N) is 3. The van der Waals surface area contributed by atoms with Gasteiger partial charge in [0.25, 0.3) is 0 Å². The van der Waals surface area contributed by atoms with E-state index < -0.39 is 6.10 Å². The van der Waals surface area contributed by atoms with E-state index in [2.05, 4.69) is 15.3 Å². The van der Waals surface area contributed by atoms with Crippen molar-refractivity contribution in [3.05, 3.63) is 42.5 Å². The SMILES string of the molecule is OCC1C(O)CC(NCC2CC2)C1Cc1ccnc(-c2cccnc2)n1. The van der Waals surface area contributed by atoms with Crippen LogP contribution >= 0.6 is 0 Å². The van der Waals surface area contributed by atoms with Crippen molar-refractivity contribution in [1.29, 1.82) is 0 Å². The highest BCUT2D eigenvalue weighted by Gasteiger charge is 2.42. The normalized spacial score (nSPS) is 28.4. The number of hydrogen-bond donors (Lipinski definition) is 3. The van der Waals surface area contributed by atoms with Crippen LogP contribution in [0.4, 0.5) is 0 Å². The van der Waals surface area contributed by atoms with Crippen LogP contribution in [0.1, 0.15) is 25.0 Å². The van der Waals surface area contributed by atoms with Crippen molar-refractivity contribution in [3.63, 3.8) is 0 Å². The monoisotopic (exact) mass is 354 g/mol. The molecule has 6 nitrogen and oxygen atoms in total. The number of aromatic nitrogens is 3. The van der Waals surface area contributed by atoms with Gasteiger partial charge in [-0.1, -0.05) is 0 Å². The molecule has 4 unspecified atom stereocenters. The molecule has 2 aromatic heterocycles. The molecule has 0 radical (unpaired) electrons. The molecular weight excluding hydrogens is 328 g/mol.